The number of hydrazine groups is 1. The zero-order chi connectivity index (χ0) is 12.8. The van der Waals surface area contributed by atoms with Gasteiger partial charge in [-0.05, 0) is 25.3 Å². The number of ether oxygens (including phenoxy) is 1. The normalized spacial score (nSPS) is 10.9. The van der Waals surface area contributed by atoms with Gasteiger partial charge in [0.15, 0.2) is 0 Å². The van der Waals surface area contributed by atoms with Crippen LogP contribution in [-0.4, -0.2) is 12.5 Å². The third-order valence-corrected chi connectivity index (χ3v) is 2.43. The van der Waals surface area contributed by atoms with Crippen molar-refractivity contribution in [2.24, 2.45) is 11.8 Å². The number of nitrogens with two attached hydrogens (primary N) is 1. The quantitative estimate of drug-likeness (QED) is 0.344. The Kier molecular flexibility index (Phi) is 5.18. The molecular weight excluding hydrogens is 220 g/mol. The Hall–Kier alpha value is -1.33. The van der Waals surface area contributed by atoms with Crippen molar-refractivity contribution in [1.29, 1.82) is 0 Å². The summed E-state index contributed by atoms with van der Waals surface area (Å²) in [6.07, 6.45) is 1.01. The van der Waals surface area contributed by atoms with Crippen molar-refractivity contribution in [3.63, 3.8) is 0 Å². The first-order valence-electron chi connectivity index (χ1n) is 5.72. The molecule has 0 aromatic carbocycles. The molecule has 0 fully saturated rings. The van der Waals surface area contributed by atoms with E-state index in [-0.39, 0.29) is 5.91 Å². The van der Waals surface area contributed by atoms with Gasteiger partial charge in [0.2, 0.25) is 0 Å². The largest absolute Gasteiger partial charge is 0.463 e. The summed E-state index contributed by atoms with van der Waals surface area (Å²) in [5, 5.41) is 0. The van der Waals surface area contributed by atoms with Crippen LogP contribution in [0.25, 0.3) is 0 Å². The molecule has 1 aromatic rings. The molecule has 96 valence electrons. The van der Waals surface area contributed by atoms with Gasteiger partial charge >= 0.3 is 0 Å². The second-order valence-electron chi connectivity index (χ2n) is 4.39. The summed E-state index contributed by atoms with van der Waals surface area (Å²) in [7, 11) is 0. The van der Waals surface area contributed by atoms with Crippen molar-refractivity contribution in [3.8, 4) is 0 Å². The van der Waals surface area contributed by atoms with Crippen LogP contribution in [0.1, 0.15) is 42.1 Å². The van der Waals surface area contributed by atoms with Crippen LogP contribution in [0.5, 0.6) is 0 Å². The molecule has 5 nitrogen and oxygen atoms in total. The number of carbonyl (C=O) groups excluding carboxylic acids is 1. The van der Waals surface area contributed by atoms with Gasteiger partial charge in [0.25, 0.3) is 5.91 Å². The molecule has 0 aliphatic rings. The van der Waals surface area contributed by atoms with Crippen LogP contribution in [0, 0.1) is 12.8 Å². The smallest absolute Gasteiger partial charge is 0.268 e. The number of amides is 1. The second-order valence-corrected chi connectivity index (χ2v) is 4.39. The number of furan rings is 1. The maximum absolute atomic E-state index is 11.3. The third-order valence-electron chi connectivity index (χ3n) is 2.43. The van der Waals surface area contributed by atoms with Gasteiger partial charge in [-0.15, -0.1) is 0 Å². The molecule has 0 aliphatic heterocycles. The fraction of sp³-hybridized carbons (Fsp3) is 0.583. The average molecular weight is 240 g/mol. The van der Waals surface area contributed by atoms with Gasteiger partial charge in [0, 0.05) is 6.61 Å². The van der Waals surface area contributed by atoms with E-state index in [2.05, 4.69) is 19.3 Å². The number of hydrogen-bond donors (Lipinski definition) is 2. The molecular formula is C12H20N2O3. The van der Waals surface area contributed by atoms with E-state index in [4.69, 9.17) is 15.0 Å². The zero-order valence-corrected chi connectivity index (χ0v) is 10.6. The van der Waals surface area contributed by atoms with E-state index < -0.39 is 0 Å². The van der Waals surface area contributed by atoms with E-state index in [1.807, 2.05) is 0 Å². The number of nitrogens with one attached hydrogen (secondary N) is 1. The fourth-order valence-corrected chi connectivity index (χ4v) is 1.41. The first kappa shape index (κ1) is 13.7. The van der Waals surface area contributed by atoms with Gasteiger partial charge in [-0.25, -0.2) is 5.84 Å². The van der Waals surface area contributed by atoms with Gasteiger partial charge in [0.1, 0.15) is 18.1 Å². The van der Waals surface area contributed by atoms with Gasteiger partial charge in [0.05, 0.1) is 5.56 Å². The van der Waals surface area contributed by atoms with Crippen LogP contribution < -0.4 is 11.3 Å². The fourth-order valence-electron chi connectivity index (χ4n) is 1.41. The first-order valence-corrected chi connectivity index (χ1v) is 5.72. The standard InChI is InChI=1S/C12H20N2O3/c1-8(2)4-5-16-7-10-6-11(9(3)17-10)12(15)14-13/h6,8H,4-5,7,13H2,1-3H3,(H,14,15). The summed E-state index contributed by atoms with van der Waals surface area (Å²) < 4.78 is 10.9. The lowest BCUT2D eigenvalue weighted by Crippen LogP contribution is -2.30. The monoisotopic (exact) mass is 240 g/mol. The molecule has 0 spiro atoms. The molecule has 0 saturated heterocycles. The van der Waals surface area contributed by atoms with Crippen molar-refractivity contribution < 1.29 is 13.9 Å². The lowest BCUT2D eigenvalue weighted by Gasteiger charge is -2.04. The van der Waals surface area contributed by atoms with E-state index in [0.29, 0.717) is 36.2 Å². The Morgan fingerprint density at radius 2 is 2.29 bits per heavy atom. The van der Waals surface area contributed by atoms with Crippen LogP contribution in [0.3, 0.4) is 0 Å². The molecule has 0 unspecified atom stereocenters. The highest BCUT2D eigenvalue weighted by atomic mass is 16.5. The van der Waals surface area contributed by atoms with Crippen LogP contribution >= 0.6 is 0 Å². The van der Waals surface area contributed by atoms with Crippen molar-refractivity contribution >= 4 is 5.91 Å². The summed E-state index contributed by atoms with van der Waals surface area (Å²) in [5.74, 6) is 6.53. The topological polar surface area (TPSA) is 77.5 Å². The van der Waals surface area contributed by atoms with Crippen LogP contribution in [0.2, 0.25) is 0 Å². The number of nitrogen functional groups attached to an aromatic ring is 1. The average Bonchev–Trinajstić information content (AvgIpc) is 2.65. The molecule has 1 rings (SSSR count). The van der Waals surface area contributed by atoms with Crippen molar-refractivity contribution in [1.82, 2.24) is 5.43 Å². The summed E-state index contributed by atoms with van der Waals surface area (Å²) >= 11 is 0. The minimum Gasteiger partial charge on any atom is -0.463 e. The Morgan fingerprint density at radius 3 is 2.88 bits per heavy atom. The van der Waals surface area contributed by atoms with E-state index in [9.17, 15) is 4.79 Å². The molecule has 1 amide bonds. The number of hydrogen-bond acceptors (Lipinski definition) is 4. The molecule has 0 aliphatic carbocycles. The maximum atomic E-state index is 11.3. The Bertz CT molecular complexity index is 372. The van der Waals surface area contributed by atoms with Crippen molar-refractivity contribution in [3.05, 3.63) is 23.2 Å². The predicted molar refractivity (Wildman–Crippen MR) is 64.2 cm³/mol. The Labute approximate surface area is 101 Å². The molecule has 5 heteroatoms. The highest BCUT2D eigenvalue weighted by Gasteiger charge is 2.13. The van der Waals surface area contributed by atoms with Crippen LogP contribution in [0.15, 0.2) is 10.5 Å². The molecule has 3 N–H and O–H groups in total. The zero-order valence-electron chi connectivity index (χ0n) is 10.6. The van der Waals surface area contributed by atoms with Gasteiger partial charge < -0.3 is 9.15 Å². The minimum atomic E-state index is -0.348. The molecule has 0 bridgehead atoms. The Balaban J connectivity index is 2.47. The molecule has 1 aromatic heterocycles. The van der Waals surface area contributed by atoms with Gasteiger partial charge in [-0.1, -0.05) is 13.8 Å². The molecule has 0 radical (unpaired) electrons. The highest BCUT2D eigenvalue weighted by molar-refractivity contribution is 5.94. The SMILES string of the molecule is Cc1oc(COCCC(C)C)cc1C(=O)NN. The van der Waals surface area contributed by atoms with Crippen LogP contribution in [-0.2, 0) is 11.3 Å². The summed E-state index contributed by atoms with van der Waals surface area (Å²) in [6, 6.07) is 1.66. The number of aryl methyl sites for hydroxylation is 1. The highest BCUT2D eigenvalue weighted by Crippen LogP contribution is 2.15. The predicted octanol–water partition coefficient (Wildman–Crippen LogP) is 1.75. The minimum absolute atomic E-state index is 0.348. The van der Waals surface area contributed by atoms with Crippen LogP contribution in [0.4, 0.5) is 0 Å². The van der Waals surface area contributed by atoms with Crippen molar-refractivity contribution in [2.45, 2.75) is 33.8 Å². The molecule has 0 saturated carbocycles. The van der Waals surface area contributed by atoms with Gasteiger partial charge in [-0.2, -0.15) is 0 Å². The number of rotatable bonds is 6. The molecule has 17 heavy (non-hydrogen) atoms. The first-order chi connectivity index (χ1) is 8.04. The van der Waals surface area contributed by atoms with E-state index in [1.165, 1.54) is 0 Å². The summed E-state index contributed by atoms with van der Waals surface area (Å²) in [5.41, 5.74) is 2.53. The lowest BCUT2D eigenvalue weighted by molar-refractivity contribution is 0.0950. The third kappa shape index (κ3) is 4.20. The summed E-state index contributed by atoms with van der Waals surface area (Å²) in [4.78, 5) is 11.3. The summed E-state index contributed by atoms with van der Waals surface area (Å²) in [6.45, 7) is 7.08. The Morgan fingerprint density at radius 1 is 1.59 bits per heavy atom. The van der Waals surface area contributed by atoms with E-state index >= 15 is 0 Å². The van der Waals surface area contributed by atoms with Gasteiger partial charge in [-0.3, -0.25) is 10.2 Å². The number of carbonyl (C=O) groups is 1. The second kappa shape index (κ2) is 6.42. The van der Waals surface area contributed by atoms with E-state index in [1.54, 1.807) is 13.0 Å². The van der Waals surface area contributed by atoms with Crippen molar-refractivity contribution in [2.75, 3.05) is 6.61 Å². The van der Waals surface area contributed by atoms with E-state index in [0.717, 1.165) is 6.42 Å². The lowest BCUT2D eigenvalue weighted by atomic mass is 10.1. The maximum Gasteiger partial charge on any atom is 0.268 e. The molecule has 1 heterocycles. The molecule has 0 atom stereocenters.